The van der Waals surface area contributed by atoms with E-state index in [0.29, 0.717) is 10.8 Å². The number of para-hydroxylation sites is 1. The van der Waals surface area contributed by atoms with Crippen LogP contribution in [0.3, 0.4) is 0 Å². The second-order valence-corrected chi connectivity index (χ2v) is 6.92. The Morgan fingerprint density at radius 3 is 2.44 bits per heavy atom. The number of nitrogens with zero attached hydrogens (tertiary/aromatic N) is 2. The van der Waals surface area contributed by atoms with Gasteiger partial charge in [-0.05, 0) is 75.6 Å². The molecular formula is C21H23FN2O. The molecule has 1 aliphatic heterocycles. The molecule has 0 bridgehead atoms. The highest BCUT2D eigenvalue weighted by Crippen LogP contribution is 2.21. The fraction of sp³-hybridized carbons (Fsp3) is 0.381. The monoisotopic (exact) mass is 338 g/mol. The zero-order valence-electron chi connectivity index (χ0n) is 14.4. The molecule has 3 nitrogen and oxygen atoms in total. The normalized spacial score (nSPS) is 15.4. The fourth-order valence-electron chi connectivity index (χ4n) is 3.95. The number of hydrogen-bond acceptors (Lipinski definition) is 2. The molecule has 0 aliphatic carbocycles. The van der Waals surface area contributed by atoms with E-state index in [9.17, 15) is 9.18 Å². The second-order valence-electron chi connectivity index (χ2n) is 6.92. The number of aromatic nitrogens is 1. The molecule has 2 aromatic carbocycles. The standard InChI is InChI=1S/C21H23FN2O/c22-16-9-10-20-18(15-16)21(25)17-7-1-2-8-19(17)24(20)14-6-5-13-23-11-3-4-12-23/h1-2,7-10,15H,3-6,11-14H2. The van der Waals surface area contributed by atoms with Gasteiger partial charge in [0.1, 0.15) is 5.82 Å². The number of aryl methyl sites for hydroxylation is 1. The van der Waals surface area contributed by atoms with E-state index in [1.54, 1.807) is 6.07 Å². The summed E-state index contributed by atoms with van der Waals surface area (Å²) >= 11 is 0. The molecule has 130 valence electrons. The number of unbranched alkanes of at least 4 members (excludes halogenated alkanes) is 1. The predicted molar refractivity (Wildman–Crippen MR) is 101 cm³/mol. The van der Waals surface area contributed by atoms with Crippen LogP contribution in [-0.4, -0.2) is 29.1 Å². The lowest BCUT2D eigenvalue weighted by molar-refractivity contribution is 0.327. The summed E-state index contributed by atoms with van der Waals surface area (Å²) in [4.78, 5) is 15.2. The van der Waals surface area contributed by atoms with Gasteiger partial charge in [0.2, 0.25) is 0 Å². The largest absolute Gasteiger partial charge is 0.340 e. The number of fused-ring (bicyclic) bond motifs is 2. The number of rotatable bonds is 5. The smallest absolute Gasteiger partial charge is 0.197 e. The summed E-state index contributed by atoms with van der Waals surface area (Å²) in [6.45, 7) is 4.44. The molecule has 0 spiro atoms. The van der Waals surface area contributed by atoms with E-state index >= 15 is 0 Å². The molecule has 0 radical (unpaired) electrons. The van der Waals surface area contributed by atoms with Gasteiger partial charge in [0.15, 0.2) is 5.43 Å². The van der Waals surface area contributed by atoms with Crippen molar-refractivity contribution in [1.29, 1.82) is 0 Å². The molecule has 4 heteroatoms. The maximum absolute atomic E-state index is 13.7. The van der Waals surface area contributed by atoms with Gasteiger partial charge in [0, 0.05) is 17.3 Å². The first kappa shape index (κ1) is 16.3. The lowest BCUT2D eigenvalue weighted by Crippen LogP contribution is -2.20. The first-order valence-electron chi connectivity index (χ1n) is 9.17. The van der Waals surface area contributed by atoms with E-state index < -0.39 is 0 Å². The molecule has 1 aromatic heterocycles. The van der Waals surface area contributed by atoms with Gasteiger partial charge in [-0.1, -0.05) is 12.1 Å². The average molecular weight is 338 g/mol. The van der Waals surface area contributed by atoms with Crippen LogP contribution in [0.4, 0.5) is 4.39 Å². The van der Waals surface area contributed by atoms with Gasteiger partial charge in [-0.15, -0.1) is 0 Å². The van der Waals surface area contributed by atoms with Crippen molar-refractivity contribution in [2.75, 3.05) is 19.6 Å². The third kappa shape index (κ3) is 3.19. The van der Waals surface area contributed by atoms with Gasteiger partial charge >= 0.3 is 0 Å². The maximum Gasteiger partial charge on any atom is 0.197 e. The number of hydrogen-bond donors (Lipinski definition) is 0. The Bertz CT molecular complexity index is 957. The Balaban J connectivity index is 1.67. The summed E-state index contributed by atoms with van der Waals surface area (Å²) in [7, 11) is 0. The van der Waals surface area contributed by atoms with Gasteiger partial charge < -0.3 is 9.47 Å². The van der Waals surface area contributed by atoms with Crippen LogP contribution in [-0.2, 0) is 6.54 Å². The molecule has 0 amide bonds. The highest BCUT2D eigenvalue weighted by atomic mass is 19.1. The summed E-state index contributed by atoms with van der Waals surface area (Å²) in [6, 6.07) is 12.2. The van der Waals surface area contributed by atoms with Crippen LogP contribution < -0.4 is 5.43 Å². The highest BCUT2D eigenvalue weighted by molar-refractivity contribution is 5.93. The molecule has 4 rings (SSSR count). The minimum Gasteiger partial charge on any atom is -0.340 e. The number of halogens is 1. The zero-order valence-corrected chi connectivity index (χ0v) is 14.4. The molecule has 25 heavy (non-hydrogen) atoms. The first-order chi connectivity index (χ1) is 12.2. The third-order valence-corrected chi connectivity index (χ3v) is 5.24. The van der Waals surface area contributed by atoms with Crippen LogP contribution in [0.2, 0.25) is 0 Å². The Labute approximate surface area is 146 Å². The van der Waals surface area contributed by atoms with Gasteiger partial charge in [0.25, 0.3) is 0 Å². The number of likely N-dealkylation sites (tertiary alicyclic amines) is 1. The molecule has 1 saturated heterocycles. The third-order valence-electron chi connectivity index (χ3n) is 5.24. The van der Waals surface area contributed by atoms with E-state index in [2.05, 4.69) is 9.47 Å². The van der Waals surface area contributed by atoms with Gasteiger partial charge in [-0.25, -0.2) is 4.39 Å². The number of pyridine rings is 1. The summed E-state index contributed by atoms with van der Waals surface area (Å²) in [5, 5.41) is 1.14. The van der Waals surface area contributed by atoms with Crippen molar-refractivity contribution in [2.24, 2.45) is 0 Å². The minimum absolute atomic E-state index is 0.0848. The quantitative estimate of drug-likeness (QED) is 0.515. The van der Waals surface area contributed by atoms with E-state index in [1.807, 2.05) is 24.3 Å². The van der Waals surface area contributed by atoms with Gasteiger partial charge in [-0.3, -0.25) is 4.79 Å². The Hall–Kier alpha value is -2.20. The van der Waals surface area contributed by atoms with Crippen molar-refractivity contribution in [2.45, 2.75) is 32.2 Å². The van der Waals surface area contributed by atoms with Crippen molar-refractivity contribution in [1.82, 2.24) is 9.47 Å². The molecule has 1 fully saturated rings. The summed E-state index contributed by atoms with van der Waals surface area (Å²) < 4.78 is 15.9. The Morgan fingerprint density at radius 1 is 0.880 bits per heavy atom. The molecular weight excluding hydrogens is 315 g/mol. The highest BCUT2D eigenvalue weighted by Gasteiger charge is 2.13. The molecule has 1 aliphatic rings. The Kier molecular flexibility index (Phi) is 4.53. The summed E-state index contributed by atoms with van der Waals surface area (Å²) in [6.07, 6.45) is 4.83. The van der Waals surface area contributed by atoms with Crippen molar-refractivity contribution >= 4 is 21.8 Å². The lowest BCUT2D eigenvalue weighted by atomic mass is 10.1. The van der Waals surface area contributed by atoms with Crippen LogP contribution in [0, 0.1) is 5.82 Å². The van der Waals surface area contributed by atoms with Crippen molar-refractivity contribution in [3.8, 4) is 0 Å². The SMILES string of the molecule is O=c1c2ccccc2n(CCCCN2CCCC2)c2ccc(F)cc12. The van der Waals surface area contributed by atoms with E-state index in [-0.39, 0.29) is 11.2 Å². The molecule has 0 atom stereocenters. The predicted octanol–water partition coefficient (Wildman–Crippen LogP) is 4.17. The topological polar surface area (TPSA) is 25.2 Å². The molecule has 0 N–H and O–H groups in total. The van der Waals surface area contributed by atoms with Gasteiger partial charge in [0.05, 0.1) is 11.0 Å². The van der Waals surface area contributed by atoms with Crippen LogP contribution in [0.15, 0.2) is 47.3 Å². The van der Waals surface area contributed by atoms with Crippen LogP contribution in [0.1, 0.15) is 25.7 Å². The summed E-state index contributed by atoms with van der Waals surface area (Å²) in [5.41, 5.74) is 1.68. The summed E-state index contributed by atoms with van der Waals surface area (Å²) in [5.74, 6) is -0.361. The van der Waals surface area contributed by atoms with Crippen LogP contribution >= 0.6 is 0 Å². The molecule has 0 unspecified atom stereocenters. The average Bonchev–Trinajstić information content (AvgIpc) is 3.15. The van der Waals surface area contributed by atoms with Crippen molar-refractivity contribution in [3.63, 3.8) is 0 Å². The molecule has 0 saturated carbocycles. The van der Waals surface area contributed by atoms with E-state index in [4.69, 9.17) is 0 Å². The van der Waals surface area contributed by atoms with E-state index in [1.165, 1.54) is 38.1 Å². The Morgan fingerprint density at radius 2 is 1.60 bits per heavy atom. The van der Waals surface area contributed by atoms with Crippen LogP contribution in [0.25, 0.3) is 21.8 Å². The number of benzene rings is 2. The second kappa shape index (κ2) is 6.96. The van der Waals surface area contributed by atoms with Crippen LogP contribution in [0.5, 0.6) is 0 Å². The molecule has 2 heterocycles. The molecule has 3 aromatic rings. The minimum atomic E-state index is -0.361. The van der Waals surface area contributed by atoms with Gasteiger partial charge in [-0.2, -0.15) is 0 Å². The van der Waals surface area contributed by atoms with Crippen molar-refractivity contribution in [3.05, 3.63) is 58.5 Å². The van der Waals surface area contributed by atoms with Crippen molar-refractivity contribution < 1.29 is 4.39 Å². The lowest BCUT2D eigenvalue weighted by Gasteiger charge is -2.17. The maximum atomic E-state index is 13.7. The fourth-order valence-corrected chi connectivity index (χ4v) is 3.95. The first-order valence-corrected chi connectivity index (χ1v) is 9.17. The van der Waals surface area contributed by atoms with E-state index in [0.717, 1.165) is 37.0 Å². The zero-order chi connectivity index (χ0) is 17.2.